The van der Waals surface area contributed by atoms with Crippen molar-refractivity contribution in [2.24, 2.45) is 0 Å². The maximum absolute atomic E-state index is 5.02. The summed E-state index contributed by atoms with van der Waals surface area (Å²) in [5.41, 5.74) is 0. The molecule has 0 radical (unpaired) electrons. The summed E-state index contributed by atoms with van der Waals surface area (Å²) in [6.45, 7) is 1.95. The van der Waals surface area contributed by atoms with Crippen LogP contribution in [0.2, 0.25) is 0 Å². The van der Waals surface area contributed by atoms with Gasteiger partial charge in [-0.3, -0.25) is 9.68 Å². The fourth-order valence-corrected chi connectivity index (χ4v) is 0.600. The predicted octanol–water partition coefficient (Wildman–Crippen LogP) is 0.189. The van der Waals surface area contributed by atoms with Crippen LogP contribution in [0.15, 0.2) is 0 Å². The van der Waals surface area contributed by atoms with Crippen molar-refractivity contribution in [3.8, 4) is 12.3 Å². The van der Waals surface area contributed by atoms with E-state index < -0.39 is 0 Å². The maximum Gasteiger partial charge on any atom is 0.0966 e. The van der Waals surface area contributed by atoms with E-state index in [1.807, 2.05) is 0 Å². The van der Waals surface area contributed by atoms with Crippen molar-refractivity contribution in [2.45, 2.75) is 6.42 Å². The Labute approximate surface area is 54.5 Å². The normalized spacial score (nSPS) is 19.9. The van der Waals surface area contributed by atoms with Gasteiger partial charge in [0.1, 0.15) is 0 Å². The third-order valence-electron chi connectivity index (χ3n) is 0.993. The van der Waals surface area contributed by atoms with Crippen molar-refractivity contribution in [3.63, 3.8) is 0 Å². The minimum Gasteiger partial charge on any atom is -0.272 e. The van der Waals surface area contributed by atoms with E-state index in [4.69, 9.17) is 16.1 Å². The van der Waals surface area contributed by atoms with Crippen molar-refractivity contribution in [2.75, 3.05) is 19.8 Å². The topological polar surface area (TPSA) is 21.7 Å². The van der Waals surface area contributed by atoms with Gasteiger partial charge in [0.2, 0.25) is 0 Å². The molecule has 9 heavy (non-hydrogen) atoms. The third-order valence-corrected chi connectivity index (χ3v) is 0.993. The highest BCUT2D eigenvalue weighted by atomic mass is 17.0. The van der Waals surface area contributed by atoms with Crippen molar-refractivity contribution in [1.82, 2.24) is 5.23 Å². The standard InChI is InChI=1S/C6H9NO2/c1-2-3-4-7-8-5-6-9-7/h1H,3-6H2. The second-order valence-corrected chi connectivity index (χ2v) is 1.68. The zero-order valence-electron chi connectivity index (χ0n) is 5.17. The van der Waals surface area contributed by atoms with Crippen LogP contribution in [0.25, 0.3) is 0 Å². The highest BCUT2D eigenvalue weighted by Gasteiger charge is 2.10. The van der Waals surface area contributed by atoms with Gasteiger partial charge in [-0.15, -0.1) is 12.3 Å². The summed E-state index contributed by atoms with van der Waals surface area (Å²) in [5, 5.41) is 1.43. The van der Waals surface area contributed by atoms with Crippen LogP contribution in [0.3, 0.4) is 0 Å². The van der Waals surface area contributed by atoms with Gasteiger partial charge in [0, 0.05) is 6.42 Å². The Kier molecular flexibility index (Phi) is 2.52. The first-order chi connectivity index (χ1) is 4.43. The average Bonchev–Trinajstić information content (AvgIpc) is 2.34. The van der Waals surface area contributed by atoms with E-state index in [1.54, 1.807) is 0 Å². The molecule has 0 aromatic heterocycles. The molecule has 0 atom stereocenters. The van der Waals surface area contributed by atoms with Crippen molar-refractivity contribution in [3.05, 3.63) is 0 Å². The lowest BCUT2D eigenvalue weighted by Crippen LogP contribution is -2.16. The summed E-state index contributed by atoms with van der Waals surface area (Å²) in [7, 11) is 0. The highest BCUT2D eigenvalue weighted by Crippen LogP contribution is 2.00. The minimum atomic E-state index is 0.643. The molecule has 0 aromatic rings. The molecule has 0 aromatic carbocycles. The third kappa shape index (κ3) is 2.02. The van der Waals surface area contributed by atoms with E-state index in [0.29, 0.717) is 26.2 Å². The first-order valence-corrected chi connectivity index (χ1v) is 2.90. The molecule has 0 spiro atoms. The lowest BCUT2D eigenvalue weighted by molar-refractivity contribution is -0.297. The van der Waals surface area contributed by atoms with Gasteiger partial charge >= 0.3 is 0 Å². The van der Waals surface area contributed by atoms with E-state index in [1.165, 1.54) is 5.23 Å². The van der Waals surface area contributed by atoms with Crippen molar-refractivity contribution in [1.29, 1.82) is 0 Å². The molecular weight excluding hydrogens is 118 g/mol. The van der Waals surface area contributed by atoms with Crippen LogP contribution in [0.4, 0.5) is 0 Å². The smallest absolute Gasteiger partial charge is 0.0966 e. The number of hydroxylamine groups is 2. The number of terminal acetylenes is 1. The van der Waals surface area contributed by atoms with E-state index in [9.17, 15) is 0 Å². The molecule has 1 fully saturated rings. The summed E-state index contributed by atoms with van der Waals surface area (Å²) >= 11 is 0. The van der Waals surface area contributed by atoms with Crippen LogP contribution in [0.5, 0.6) is 0 Å². The van der Waals surface area contributed by atoms with Crippen LogP contribution in [-0.2, 0) is 9.68 Å². The average molecular weight is 127 g/mol. The van der Waals surface area contributed by atoms with Gasteiger partial charge in [0.15, 0.2) is 0 Å². The van der Waals surface area contributed by atoms with Gasteiger partial charge in [-0.1, -0.05) is 5.23 Å². The van der Waals surface area contributed by atoms with Crippen LogP contribution >= 0.6 is 0 Å². The fourth-order valence-electron chi connectivity index (χ4n) is 0.600. The van der Waals surface area contributed by atoms with Crippen molar-refractivity contribution < 1.29 is 9.68 Å². The first kappa shape index (κ1) is 6.56. The summed E-state index contributed by atoms with van der Waals surface area (Å²) in [4.78, 5) is 9.94. The SMILES string of the molecule is C#CCCN1OCCO1. The minimum absolute atomic E-state index is 0.643. The van der Waals surface area contributed by atoms with Crippen LogP contribution < -0.4 is 0 Å². The molecule has 1 aliphatic heterocycles. The Morgan fingerprint density at radius 1 is 1.44 bits per heavy atom. The summed E-state index contributed by atoms with van der Waals surface area (Å²) < 4.78 is 0. The molecule has 0 bridgehead atoms. The molecule has 3 heteroatoms. The lowest BCUT2D eigenvalue weighted by atomic mass is 10.5. The number of rotatable bonds is 2. The number of nitrogens with zero attached hydrogens (tertiary/aromatic N) is 1. The van der Waals surface area contributed by atoms with E-state index in [-0.39, 0.29) is 0 Å². The Morgan fingerprint density at radius 2 is 2.11 bits per heavy atom. The van der Waals surface area contributed by atoms with E-state index >= 15 is 0 Å². The second-order valence-electron chi connectivity index (χ2n) is 1.68. The molecule has 1 rings (SSSR count). The molecule has 1 heterocycles. The zero-order chi connectivity index (χ0) is 6.53. The first-order valence-electron chi connectivity index (χ1n) is 2.90. The Balaban J connectivity index is 2.06. The van der Waals surface area contributed by atoms with Gasteiger partial charge in [0.25, 0.3) is 0 Å². The van der Waals surface area contributed by atoms with Gasteiger partial charge in [-0.05, 0) is 0 Å². The summed E-state index contributed by atoms with van der Waals surface area (Å²) in [5.74, 6) is 2.49. The molecule has 1 saturated heterocycles. The van der Waals surface area contributed by atoms with E-state index in [0.717, 1.165) is 0 Å². The van der Waals surface area contributed by atoms with E-state index in [2.05, 4.69) is 5.92 Å². The Hall–Kier alpha value is -0.560. The molecule has 0 unspecified atom stereocenters. The predicted molar refractivity (Wildman–Crippen MR) is 32.1 cm³/mol. The van der Waals surface area contributed by atoms with Gasteiger partial charge < -0.3 is 0 Å². The van der Waals surface area contributed by atoms with Gasteiger partial charge in [-0.2, -0.15) is 0 Å². The molecule has 3 nitrogen and oxygen atoms in total. The van der Waals surface area contributed by atoms with Crippen LogP contribution in [-0.4, -0.2) is 25.0 Å². The van der Waals surface area contributed by atoms with Gasteiger partial charge in [-0.25, -0.2) is 0 Å². The largest absolute Gasteiger partial charge is 0.272 e. The summed E-state index contributed by atoms with van der Waals surface area (Å²) in [6.07, 6.45) is 5.69. The maximum atomic E-state index is 5.02. The quantitative estimate of drug-likeness (QED) is 0.494. The monoisotopic (exact) mass is 127 g/mol. The molecule has 0 saturated carbocycles. The molecule has 0 aliphatic carbocycles. The molecule has 1 aliphatic rings. The number of hydrogen-bond donors (Lipinski definition) is 0. The highest BCUT2D eigenvalue weighted by molar-refractivity contribution is 4.83. The molecule has 0 N–H and O–H groups in total. The molecule has 0 amide bonds. The number of hydrogen-bond acceptors (Lipinski definition) is 3. The van der Waals surface area contributed by atoms with Crippen LogP contribution in [0.1, 0.15) is 6.42 Å². The zero-order valence-corrected chi connectivity index (χ0v) is 5.17. The second kappa shape index (κ2) is 3.46. The molecule has 50 valence electrons. The Bertz CT molecular complexity index is 113. The van der Waals surface area contributed by atoms with Crippen LogP contribution in [0, 0.1) is 12.3 Å². The summed E-state index contributed by atoms with van der Waals surface area (Å²) in [6, 6.07) is 0. The Morgan fingerprint density at radius 3 is 2.67 bits per heavy atom. The lowest BCUT2D eigenvalue weighted by Gasteiger charge is -2.08. The van der Waals surface area contributed by atoms with Crippen molar-refractivity contribution >= 4 is 0 Å². The fraction of sp³-hybridized carbons (Fsp3) is 0.667. The van der Waals surface area contributed by atoms with Gasteiger partial charge in [0.05, 0.1) is 19.8 Å². The molecular formula is C6H9NO2.